The average Bonchev–Trinajstić information content (AvgIpc) is 3.30. The molecule has 0 bridgehead atoms. The van der Waals surface area contributed by atoms with Crippen LogP contribution in [0.2, 0.25) is 0 Å². The lowest BCUT2D eigenvalue weighted by Crippen LogP contribution is -2.43. The maximum atomic E-state index is 11.6. The molecular weight excluding hydrogens is 342 g/mol. The molecule has 0 aromatic carbocycles. The van der Waals surface area contributed by atoms with Gasteiger partial charge in [0.2, 0.25) is 11.9 Å². The number of likely N-dealkylation sites (tertiary alicyclic amines) is 1. The summed E-state index contributed by atoms with van der Waals surface area (Å²) in [6, 6.07) is 4.21. The van der Waals surface area contributed by atoms with Gasteiger partial charge in [0.25, 0.3) is 0 Å². The lowest BCUT2D eigenvalue weighted by Gasteiger charge is -2.30. The van der Waals surface area contributed by atoms with E-state index in [0.29, 0.717) is 18.9 Å². The van der Waals surface area contributed by atoms with E-state index in [1.807, 2.05) is 48.4 Å². The van der Waals surface area contributed by atoms with Gasteiger partial charge in [-0.2, -0.15) is 4.98 Å². The number of anilines is 1. The van der Waals surface area contributed by atoms with Crippen molar-refractivity contribution in [1.29, 1.82) is 0 Å². The van der Waals surface area contributed by atoms with Crippen LogP contribution in [0.3, 0.4) is 0 Å². The van der Waals surface area contributed by atoms with Gasteiger partial charge in [-0.25, -0.2) is 9.97 Å². The second-order valence-electron chi connectivity index (χ2n) is 6.92. The van der Waals surface area contributed by atoms with Crippen molar-refractivity contribution in [2.45, 2.75) is 18.9 Å². The number of fused-ring (bicyclic) bond motifs is 2. The van der Waals surface area contributed by atoms with Gasteiger partial charge in [0, 0.05) is 73.6 Å². The Bertz CT molecular complexity index is 1150. The van der Waals surface area contributed by atoms with Crippen LogP contribution in [-0.4, -0.2) is 54.8 Å². The molecule has 2 N–H and O–H groups in total. The number of amides is 1. The number of aromatic amines is 1. The fourth-order valence-corrected chi connectivity index (χ4v) is 3.61. The van der Waals surface area contributed by atoms with Crippen LogP contribution in [0.25, 0.3) is 27.8 Å². The van der Waals surface area contributed by atoms with E-state index in [1.54, 1.807) is 11.1 Å². The summed E-state index contributed by atoms with van der Waals surface area (Å²) in [5.74, 6) is 0.766. The van der Waals surface area contributed by atoms with Gasteiger partial charge in [-0.1, -0.05) is 0 Å². The molecule has 0 aliphatic carbocycles. The zero-order valence-electron chi connectivity index (χ0n) is 14.9. The summed E-state index contributed by atoms with van der Waals surface area (Å²) in [6.07, 6.45) is 10.9. The van der Waals surface area contributed by atoms with E-state index in [9.17, 15) is 4.79 Å². The third kappa shape index (κ3) is 2.79. The molecule has 1 saturated heterocycles. The first-order chi connectivity index (χ1) is 13.2. The fraction of sp³-hybridized carbons (Fsp3) is 0.263. The summed E-state index contributed by atoms with van der Waals surface area (Å²) in [4.78, 5) is 30.0. The lowest BCUT2D eigenvalue weighted by molar-refractivity contribution is -0.132. The summed E-state index contributed by atoms with van der Waals surface area (Å²) < 4.78 is 1.99. The highest BCUT2D eigenvalue weighted by atomic mass is 16.2. The summed E-state index contributed by atoms with van der Waals surface area (Å²) in [5.41, 5.74) is 3.82. The number of imidazole rings is 1. The average molecular weight is 361 g/mol. The van der Waals surface area contributed by atoms with Crippen molar-refractivity contribution >= 4 is 28.5 Å². The van der Waals surface area contributed by atoms with Crippen molar-refractivity contribution in [1.82, 2.24) is 29.2 Å². The molecule has 1 aliphatic rings. The number of likely N-dealkylation sites (N-methyl/N-ethyl adjacent to an activating group) is 1. The third-order valence-electron chi connectivity index (χ3n) is 5.09. The number of carbonyl (C=O) groups excluding carboxylic acids is 1. The van der Waals surface area contributed by atoms with Crippen LogP contribution in [0.5, 0.6) is 0 Å². The lowest BCUT2D eigenvalue weighted by atomic mass is 10.1. The van der Waals surface area contributed by atoms with Crippen molar-refractivity contribution in [3.8, 4) is 11.1 Å². The number of nitrogens with zero attached hydrogens (tertiary/aromatic N) is 5. The molecule has 1 aliphatic heterocycles. The Morgan fingerprint density at radius 1 is 1.30 bits per heavy atom. The number of piperidine rings is 1. The van der Waals surface area contributed by atoms with Gasteiger partial charge in [0.1, 0.15) is 11.3 Å². The minimum absolute atomic E-state index is 0.170. The molecule has 5 rings (SSSR count). The molecule has 1 fully saturated rings. The molecule has 5 heterocycles. The number of rotatable bonds is 3. The number of hydrogen-bond acceptors (Lipinski definition) is 5. The predicted molar refractivity (Wildman–Crippen MR) is 102 cm³/mol. The molecule has 0 unspecified atom stereocenters. The van der Waals surface area contributed by atoms with Crippen LogP contribution in [0.15, 0.2) is 43.1 Å². The smallest absolute Gasteiger partial charge is 0.224 e. The van der Waals surface area contributed by atoms with E-state index in [1.165, 1.54) is 0 Å². The number of carbonyl (C=O) groups is 1. The first-order valence-corrected chi connectivity index (χ1v) is 8.95. The quantitative estimate of drug-likeness (QED) is 0.584. The molecular formula is C19H19N7O. The normalized spacial score (nSPS) is 17.7. The Morgan fingerprint density at radius 2 is 2.22 bits per heavy atom. The number of nitrogens with one attached hydrogen (secondary N) is 2. The summed E-state index contributed by atoms with van der Waals surface area (Å²) in [7, 11) is 1.83. The second kappa shape index (κ2) is 6.08. The number of H-pyrrole nitrogens is 1. The van der Waals surface area contributed by atoms with Gasteiger partial charge < -0.3 is 19.6 Å². The molecule has 4 aromatic heterocycles. The summed E-state index contributed by atoms with van der Waals surface area (Å²) in [5, 5.41) is 4.31. The first kappa shape index (κ1) is 15.8. The molecule has 136 valence electrons. The van der Waals surface area contributed by atoms with E-state index >= 15 is 0 Å². The Balaban J connectivity index is 1.43. The molecule has 4 aromatic rings. The standard InChI is InChI=1S/C19H19N7O/c1-25-11-13(3-5-17(25)27)23-19-22-9-15-14(8-21-18(15)24-19)12-2-4-16-20-6-7-26(16)10-12/h2,4,6-10,13H,3,5,11H2,1H3,(H2,21,22,23,24)/t13-/m1/s1. The Labute approximate surface area is 155 Å². The minimum Gasteiger partial charge on any atom is -0.350 e. The number of hydrogen-bond donors (Lipinski definition) is 2. The van der Waals surface area contributed by atoms with E-state index in [2.05, 4.69) is 25.3 Å². The monoisotopic (exact) mass is 361 g/mol. The van der Waals surface area contributed by atoms with Crippen LogP contribution in [0.4, 0.5) is 5.95 Å². The van der Waals surface area contributed by atoms with Gasteiger partial charge in [0.05, 0.1) is 0 Å². The van der Waals surface area contributed by atoms with Gasteiger partial charge in [-0.15, -0.1) is 0 Å². The minimum atomic E-state index is 0.170. The Morgan fingerprint density at radius 3 is 3.11 bits per heavy atom. The van der Waals surface area contributed by atoms with E-state index in [4.69, 9.17) is 0 Å². The number of aromatic nitrogens is 5. The summed E-state index contributed by atoms with van der Waals surface area (Å²) in [6.45, 7) is 0.668. The summed E-state index contributed by atoms with van der Waals surface area (Å²) >= 11 is 0. The largest absolute Gasteiger partial charge is 0.350 e. The van der Waals surface area contributed by atoms with Crippen LogP contribution in [-0.2, 0) is 4.79 Å². The molecule has 1 amide bonds. The van der Waals surface area contributed by atoms with Gasteiger partial charge >= 0.3 is 0 Å². The van der Waals surface area contributed by atoms with E-state index in [0.717, 1.165) is 34.2 Å². The van der Waals surface area contributed by atoms with Crippen molar-refractivity contribution in [2.24, 2.45) is 0 Å². The molecule has 0 radical (unpaired) electrons. The highest BCUT2D eigenvalue weighted by Gasteiger charge is 2.23. The number of pyridine rings is 1. The van der Waals surface area contributed by atoms with Crippen LogP contribution < -0.4 is 5.32 Å². The Kier molecular flexibility index (Phi) is 3.56. The van der Waals surface area contributed by atoms with Crippen LogP contribution in [0, 0.1) is 0 Å². The van der Waals surface area contributed by atoms with Gasteiger partial charge in [-0.3, -0.25) is 4.79 Å². The van der Waals surface area contributed by atoms with Crippen molar-refractivity contribution in [3.63, 3.8) is 0 Å². The topological polar surface area (TPSA) is 91.2 Å². The van der Waals surface area contributed by atoms with Crippen molar-refractivity contribution in [2.75, 3.05) is 18.9 Å². The second-order valence-corrected chi connectivity index (χ2v) is 6.92. The van der Waals surface area contributed by atoms with E-state index in [-0.39, 0.29) is 11.9 Å². The van der Waals surface area contributed by atoms with Crippen molar-refractivity contribution in [3.05, 3.63) is 43.1 Å². The third-order valence-corrected chi connectivity index (χ3v) is 5.09. The zero-order chi connectivity index (χ0) is 18.4. The molecule has 0 spiro atoms. The van der Waals surface area contributed by atoms with E-state index < -0.39 is 0 Å². The predicted octanol–water partition coefficient (Wildman–Crippen LogP) is 2.31. The molecule has 27 heavy (non-hydrogen) atoms. The van der Waals surface area contributed by atoms with Crippen molar-refractivity contribution < 1.29 is 4.79 Å². The highest BCUT2D eigenvalue weighted by molar-refractivity contribution is 5.93. The van der Waals surface area contributed by atoms with Gasteiger partial charge in [0.15, 0.2) is 0 Å². The fourth-order valence-electron chi connectivity index (χ4n) is 3.61. The Hall–Kier alpha value is -3.42. The SMILES string of the molecule is CN1C[C@H](Nc2ncc3c(-c4ccc5nccn5c4)c[nH]c3n2)CCC1=O. The zero-order valence-corrected chi connectivity index (χ0v) is 14.9. The molecule has 8 nitrogen and oxygen atoms in total. The highest BCUT2D eigenvalue weighted by Crippen LogP contribution is 2.28. The molecule has 1 atom stereocenters. The van der Waals surface area contributed by atoms with Crippen LogP contribution >= 0.6 is 0 Å². The first-order valence-electron chi connectivity index (χ1n) is 8.95. The van der Waals surface area contributed by atoms with Gasteiger partial charge in [-0.05, 0) is 18.6 Å². The van der Waals surface area contributed by atoms with Crippen LogP contribution in [0.1, 0.15) is 12.8 Å². The maximum Gasteiger partial charge on any atom is 0.224 e. The molecule has 0 saturated carbocycles. The maximum absolute atomic E-state index is 11.6. The molecule has 8 heteroatoms.